The minimum atomic E-state index is -2.63. The van der Waals surface area contributed by atoms with E-state index in [2.05, 4.69) is 24.9 Å². The second-order valence-corrected chi connectivity index (χ2v) is 12.2. The van der Waals surface area contributed by atoms with E-state index in [1.807, 2.05) is 6.07 Å². The second-order valence-electron chi connectivity index (χ2n) is 12.2. The van der Waals surface area contributed by atoms with Crippen LogP contribution in [-0.4, -0.2) is 88.9 Å². The number of halogens is 3. The molecule has 5 aromatic rings. The third kappa shape index (κ3) is 6.78. The molecule has 49 heavy (non-hydrogen) atoms. The molecule has 0 unspecified atom stereocenters. The fourth-order valence-corrected chi connectivity index (χ4v) is 6.51. The second kappa shape index (κ2) is 13.8. The number of aromatic amines is 1. The van der Waals surface area contributed by atoms with Crippen LogP contribution in [0.3, 0.4) is 0 Å². The lowest BCUT2D eigenvalue weighted by molar-refractivity contribution is 0.0114. The number of para-hydroxylation sites is 1. The monoisotopic (exact) mass is 675 g/mol. The molecule has 0 radical (unpaired) electrons. The number of nitrogens with one attached hydrogen (secondary N) is 1. The van der Waals surface area contributed by atoms with Gasteiger partial charge in [0, 0.05) is 49.2 Å². The van der Waals surface area contributed by atoms with Crippen molar-refractivity contribution in [2.75, 3.05) is 56.6 Å². The highest BCUT2D eigenvalue weighted by atomic mass is 19.3. The quantitative estimate of drug-likeness (QED) is 0.178. The Bertz CT molecular complexity index is 1970. The van der Waals surface area contributed by atoms with E-state index in [0.717, 1.165) is 52.2 Å². The SMILES string of the molecule is Cc1cc(Oc2ccccc2F)ncc1-n1ncc(C(=O)c2cc3cc(OCC(F)F)c(N4CCC(N5CCOCC5)CC4)cc3[nH]2)c1N. The first-order chi connectivity index (χ1) is 23.7. The van der Waals surface area contributed by atoms with Gasteiger partial charge in [0.25, 0.3) is 6.43 Å². The van der Waals surface area contributed by atoms with Crippen LogP contribution >= 0.6 is 0 Å². The number of aryl methyl sites for hydroxylation is 1. The Kier molecular flexibility index (Phi) is 9.15. The van der Waals surface area contributed by atoms with Crippen molar-refractivity contribution in [3.05, 3.63) is 83.6 Å². The van der Waals surface area contributed by atoms with Gasteiger partial charge < -0.3 is 29.8 Å². The van der Waals surface area contributed by atoms with E-state index in [1.54, 1.807) is 37.3 Å². The van der Waals surface area contributed by atoms with E-state index in [4.69, 9.17) is 19.9 Å². The summed E-state index contributed by atoms with van der Waals surface area (Å²) >= 11 is 0. The molecule has 0 bridgehead atoms. The van der Waals surface area contributed by atoms with Crippen LogP contribution in [0.2, 0.25) is 0 Å². The van der Waals surface area contributed by atoms with Crippen LogP contribution in [-0.2, 0) is 4.74 Å². The third-order valence-corrected chi connectivity index (χ3v) is 9.07. The number of nitrogen functional groups attached to an aromatic ring is 1. The number of ketones is 1. The highest BCUT2D eigenvalue weighted by molar-refractivity contribution is 6.12. The summed E-state index contributed by atoms with van der Waals surface area (Å²) < 4.78 is 58.6. The number of morpholine rings is 1. The van der Waals surface area contributed by atoms with Crippen LogP contribution in [0.25, 0.3) is 16.6 Å². The van der Waals surface area contributed by atoms with Gasteiger partial charge in [-0.1, -0.05) is 12.1 Å². The van der Waals surface area contributed by atoms with E-state index < -0.39 is 24.6 Å². The number of hydrogen-bond acceptors (Lipinski definition) is 9. The van der Waals surface area contributed by atoms with Crippen molar-refractivity contribution in [1.29, 1.82) is 0 Å². The molecule has 2 fully saturated rings. The smallest absolute Gasteiger partial charge is 0.272 e. The van der Waals surface area contributed by atoms with Gasteiger partial charge in [-0.25, -0.2) is 22.8 Å². The van der Waals surface area contributed by atoms with E-state index >= 15 is 0 Å². The Labute approximate surface area is 280 Å². The Morgan fingerprint density at radius 3 is 2.55 bits per heavy atom. The first-order valence-electron chi connectivity index (χ1n) is 16.2. The van der Waals surface area contributed by atoms with E-state index in [1.165, 1.54) is 29.2 Å². The molecule has 0 atom stereocenters. The summed E-state index contributed by atoms with van der Waals surface area (Å²) in [7, 11) is 0. The minimum absolute atomic E-state index is 0.0418. The van der Waals surface area contributed by atoms with E-state index in [9.17, 15) is 18.0 Å². The number of H-pyrrole nitrogens is 1. The molecular formula is C35H36F3N7O4. The zero-order valence-corrected chi connectivity index (χ0v) is 26.9. The Balaban J connectivity index is 1.12. The predicted molar refractivity (Wildman–Crippen MR) is 178 cm³/mol. The summed E-state index contributed by atoms with van der Waals surface area (Å²) in [6, 6.07) is 13.3. The lowest BCUT2D eigenvalue weighted by Gasteiger charge is -2.41. The molecule has 7 rings (SSSR count). The number of fused-ring (bicyclic) bond motifs is 1. The van der Waals surface area contributed by atoms with Crippen LogP contribution in [0, 0.1) is 12.7 Å². The Morgan fingerprint density at radius 2 is 1.82 bits per heavy atom. The molecule has 0 saturated carbocycles. The zero-order chi connectivity index (χ0) is 34.1. The van der Waals surface area contributed by atoms with Crippen molar-refractivity contribution in [1.82, 2.24) is 24.6 Å². The maximum atomic E-state index is 14.1. The Hall–Kier alpha value is -5.08. The maximum absolute atomic E-state index is 14.1. The molecule has 2 aliphatic rings. The van der Waals surface area contributed by atoms with Gasteiger partial charge in [0.05, 0.1) is 48.2 Å². The molecule has 5 heterocycles. The summed E-state index contributed by atoms with van der Waals surface area (Å²) in [6.45, 7) is 5.84. The molecular weight excluding hydrogens is 639 g/mol. The number of aromatic nitrogens is 4. The van der Waals surface area contributed by atoms with Gasteiger partial charge in [-0.2, -0.15) is 5.10 Å². The molecule has 256 valence electrons. The van der Waals surface area contributed by atoms with Crippen molar-refractivity contribution in [2.45, 2.75) is 32.2 Å². The largest absolute Gasteiger partial charge is 0.485 e. The number of ether oxygens (including phenoxy) is 3. The van der Waals surface area contributed by atoms with E-state index in [0.29, 0.717) is 39.6 Å². The van der Waals surface area contributed by atoms with Crippen molar-refractivity contribution in [3.63, 3.8) is 0 Å². The molecule has 14 heteroatoms. The number of nitrogens with zero attached hydrogens (tertiary/aromatic N) is 5. The molecule has 0 spiro atoms. The Morgan fingerprint density at radius 1 is 1.04 bits per heavy atom. The number of rotatable bonds is 10. The third-order valence-electron chi connectivity index (χ3n) is 9.07. The molecule has 11 nitrogen and oxygen atoms in total. The van der Waals surface area contributed by atoms with E-state index in [-0.39, 0.29) is 28.7 Å². The van der Waals surface area contributed by atoms with Gasteiger partial charge in [0.1, 0.15) is 18.2 Å². The number of anilines is 2. The average Bonchev–Trinajstić information content (AvgIpc) is 3.71. The predicted octanol–water partition coefficient (Wildman–Crippen LogP) is 5.75. The molecule has 3 N–H and O–H groups in total. The maximum Gasteiger partial charge on any atom is 0.272 e. The molecule has 0 amide bonds. The first-order valence-corrected chi connectivity index (χ1v) is 16.2. The standard InChI is InChI=1S/C35H36F3N7O4/c1-21-14-33(49-30-5-3-2-4-25(30)36)40-19-29(21)45-35(39)24(18-41-45)34(46)27-15-22-16-31(48-20-32(37)38)28(17-26(22)42-27)44-8-6-23(7-9-44)43-10-12-47-13-11-43/h2-5,14-19,23,32,42H,6-13,20,39H2,1H3. The van der Waals surface area contributed by atoms with Crippen molar-refractivity contribution in [3.8, 4) is 23.1 Å². The van der Waals surface area contributed by atoms with Gasteiger partial charge in [0.2, 0.25) is 11.7 Å². The van der Waals surface area contributed by atoms with Crippen LogP contribution < -0.4 is 20.1 Å². The summed E-state index contributed by atoms with van der Waals surface area (Å²) in [5, 5.41) is 4.99. The van der Waals surface area contributed by atoms with Gasteiger partial charge in [0.15, 0.2) is 11.6 Å². The molecule has 0 aliphatic carbocycles. The number of carbonyl (C=O) groups excluding carboxylic acids is 1. The van der Waals surface area contributed by atoms with Crippen molar-refractivity contribution in [2.24, 2.45) is 0 Å². The van der Waals surface area contributed by atoms with Gasteiger partial charge in [-0.05, 0) is 55.7 Å². The van der Waals surface area contributed by atoms with Crippen molar-refractivity contribution < 1.29 is 32.2 Å². The lowest BCUT2D eigenvalue weighted by Crippen LogP contribution is -2.49. The number of pyridine rings is 1. The lowest BCUT2D eigenvalue weighted by atomic mass is 10.0. The fraction of sp³-hybridized carbons (Fsp3) is 0.343. The summed E-state index contributed by atoms with van der Waals surface area (Å²) in [6.07, 6.45) is 2.10. The molecule has 2 aliphatic heterocycles. The molecule has 3 aromatic heterocycles. The summed E-state index contributed by atoms with van der Waals surface area (Å²) in [5.74, 6) is -0.244. The first kappa shape index (κ1) is 32.5. The average molecular weight is 676 g/mol. The number of piperidine rings is 1. The number of alkyl halides is 2. The van der Waals surface area contributed by atoms with Crippen LogP contribution in [0.1, 0.15) is 34.5 Å². The number of hydrogen-bond donors (Lipinski definition) is 2. The zero-order valence-electron chi connectivity index (χ0n) is 26.9. The summed E-state index contributed by atoms with van der Waals surface area (Å²) in [5.41, 5.74) is 9.42. The van der Waals surface area contributed by atoms with Gasteiger partial charge in [-0.15, -0.1) is 0 Å². The number of benzene rings is 2. The minimum Gasteiger partial charge on any atom is -0.485 e. The van der Waals surface area contributed by atoms with Crippen LogP contribution in [0.4, 0.5) is 24.7 Å². The van der Waals surface area contributed by atoms with Crippen LogP contribution in [0.5, 0.6) is 17.4 Å². The van der Waals surface area contributed by atoms with Crippen molar-refractivity contribution >= 4 is 28.2 Å². The number of carbonyl (C=O) groups is 1. The number of nitrogens with two attached hydrogens (primary N) is 1. The molecule has 2 aromatic carbocycles. The normalized spacial score (nSPS) is 16.1. The highest BCUT2D eigenvalue weighted by Crippen LogP contribution is 2.37. The van der Waals surface area contributed by atoms with Gasteiger partial charge >= 0.3 is 0 Å². The van der Waals surface area contributed by atoms with Crippen LogP contribution in [0.15, 0.2) is 60.9 Å². The highest BCUT2D eigenvalue weighted by Gasteiger charge is 2.28. The topological polar surface area (TPSA) is 124 Å². The van der Waals surface area contributed by atoms with Gasteiger partial charge in [-0.3, -0.25) is 9.69 Å². The molecule has 2 saturated heterocycles. The summed E-state index contributed by atoms with van der Waals surface area (Å²) in [4.78, 5) is 25.8. The fourth-order valence-electron chi connectivity index (χ4n) is 6.51.